The summed E-state index contributed by atoms with van der Waals surface area (Å²) in [7, 11) is 1.16. The number of rotatable bonds is 3. The number of hydrogen-bond acceptors (Lipinski definition) is 4. The predicted molar refractivity (Wildman–Crippen MR) is 76.0 cm³/mol. The predicted octanol–water partition coefficient (Wildman–Crippen LogP) is 4.64. The molecule has 2 rings (SSSR count). The summed E-state index contributed by atoms with van der Waals surface area (Å²) < 4.78 is 47.5. The third-order valence-corrected chi connectivity index (χ3v) is 3.16. The van der Waals surface area contributed by atoms with Crippen molar-refractivity contribution in [1.82, 2.24) is 0 Å². The smallest absolute Gasteiger partial charge is 0.416 e. The molecule has 0 amide bonds. The van der Waals surface area contributed by atoms with Crippen LogP contribution in [0.15, 0.2) is 36.4 Å². The topological polar surface area (TPSA) is 55.8 Å². The van der Waals surface area contributed by atoms with Crippen LogP contribution in [0.2, 0.25) is 5.02 Å². The molecule has 0 saturated heterocycles. The number of ether oxygens (including phenoxy) is 2. The Morgan fingerprint density at radius 2 is 1.87 bits per heavy atom. The van der Waals surface area contributed by atoms with E-state index in [1.807, 2.05) is 0 Å². The largest absolute Gasteiger partial charge is 0.507 e. The highest BCUT2D eigenvalue weighted by molar-refractivity contribution is 6.32. The third-order valence-electron chi connectivity index (χ3n) is 2.86. The Hall–Kier alpha value is -2.41. The zero-order valence-corrected chi connectivity index (χ0v) is 12.4. The van der Waals surface area contributed by atoms with Crippen LogP contribution in [0.3, 0.4) is 0 Å². The summed E-state index contributed by atoms with van der Waals surface area (Å²) in [4.78, 5) is 11.3. The van der Waals surface area contributed by atoms with E-state index in [0.717, 1.165) is 31.4 Å². The molecule has 0 heterocycles. The van der Waals surface area contributed by atoms with E-state index in [-0.39, 0.29) is 22.1 Å². The minimum atomic E-state index is -4.51. The molecule has 0 fully saturated rings. The van der Waals surface area contributed by atoms with Gasteiger partial charge in [0.1, 0.15) is 22.8 Å². The number of esters is 1. The quantitative estimate of drug-likeness (QED) is 0.822. The fourth-order valence-corrected chi connectivity index (χ4v) is 1.96. The standard InChI is InChI=1S/C15H10ClF3O4/c1-22-14(21)10-4-3-9(7-12(10)20)23-13-5-2-8(6-11(13)16)15(17,18)19/h2-7,20H,1H3. The molecule has 8 heteroatoms. The normalized spacial score (nSPS) is 11.2. The summed E-state index contributed by atoms with van der Waals surface area (Å²) >= 11 is 5.77. The zero-order valence-electron chi connectivity index (χ0n) is 11.6. The summed E-state index contributed by atoms with van der Waals surface area (Å²) in [6.07, 6.45) is -4.51. The fraction of sp³-hybridized carbons (Fsp3) is 0.133. The molecule has 4 nitrogen and oxygen atoms in total. The van der Waals surface area contributed by atoms with Gasteiger partial charge in [-0.05, 0) is 30.3 Å². The average molecular weight is 347 g/mol. The second-order valence-corrected chi connectivity index (χ2v) is 4.82. The van der Waals surface area contributed by atoms with E-state index in [4.69, 9.17) is 16.3 Å². The molecule has 23 heavy (non-hydrogen) atoms. The summed E-state index contributed by atoms with van der Waals surface area (Å²) in [5.41, 5.74) is -0.975. The monoisotopic (exact) mass is 346 g/mol. The van der Waals surface area contributed by atoms with E-state index in [1.165, 1.54) is 12.1 Å². The number of methoxy groups -OCH3 is 1. The van der Waals surface area contributed by atoms with Crippen LogP contribution in [-0.2, 0) is 10.9 Å². The minimum absolute atomic E-state index is 0.0233. The molecule has 0 spiro atoms. The zero-order chi connectivity index (χ0) is 17.2. The van der Waals surface area contributed by atoms with Crippen molar-refractivity contribution in [2.75, 3.05) is 7.11 Å². The maximum absolute atomic E-state index is 12.6. The number of halogens is 4. The Kier molecular flexibility index (Phi) is 4.70. The summed E-state index contributed by atoms with van der Waals surface area (Å²) in [5, 5.41) is 9.49. The maximum Gasteiger partial charge on any atom is 0.416 e. The van der Waals surface area contributed by atoms with E-state index < -0.39 is 23.5 Å². The van der Waals surface area contributed by atoms with Gasteiger partial charge in [-0.25, -0.2) is 4.79 Å². The summed E-state index contributed by atoms with van der Waals surface area (Å²) in [5.74, 6) is -1.05. The van der Waals surface area contributed by atoms with Gasteiger partial charge < -0.3 is 14.6 Å². The van der Waals surface area contributed by atoms with Gasteiger partial charge in [0, 0.05) is 6.07 Å². The summed E-state index contributed by atoms with van der Waals surface area (Å²) in [6, 6.07) is 6.36. The summed E-state index contributed by atoms with van der Waals surface area (Å²) in [6.45, 7) is 0. The number of carbonyl (C=O) groups excluding carboxylic acids is 1. The number of phenolic OH excluding ortho intramolecular Hbond substituents is 1. The number of phenols is 1. The highest BCUT2D eigenvalue weighted by Crippen LogP contribution is 2.37. The highest BCUT2D eigenvalue weighted by atomic mass is 35.5. The van der Waals surface area contributed by atoms with Crippen molar-refractivity contribution in [1.29, 1.82) is 0 Å². The Morgan fingerprint density at radius 3 is 2.39 bits per heavy atom. The van der Waals surface area contributed by atoms with Gasteiger partial charge in [0.05, 0.1) is 17.7 Å². The lowest BCUT2D eigenvalue weighted by Crippen LogP contribution is -2.04. The van der Waals surface area contributed by atoms with E-state index in [9.17, 15) is 23.1 Å². The molecule has 2 aromatic carbocycles. The molecular weight excluding hydrogens is 337 g/mol. The molecule has 1 N–H and O–H groups in total. The minimum Gasteiger partial charge on any atom is -0.507 e. The van der Waals surface area contributed by atoms with Gasteiger partial charge in [0.15, 0.2) is 0 Å². The molecule has 0 saturated carbocycles. The molecule has 0 atom stereocenters. The highest BCUT2D eigenvalue weighted by Gasteiger charge is 2.31. The molecule has 0 radical (unpaired) electrons. The molecular formula is C15H10ClF3O4. The first-order chi connectivity index (χ1) is 10.7. The lowest BCUT2D eigenvalue weighted by molar-refractivity contribution is -0.137. The van der Waals surface area contributed by atoms with Crippen molar-refractivity contribution in [2.45, 2.75) is 6.18 Å². The van der Waals surface area contributed by atoms with Crippen LogP contribution < -0.4 is 4.74 Å². The van der Waals surface area contributed by atoms with E-state index >= 15 is 0 Å². The number of carbonyl (C=O) groups is 1. The Morgan fingerprint density at radius 1 is 1.17 bits per heavy atom. The first kappa shape index (κ1) is 17.0. The second kappa shape index (κ2) is 6.37. The average Bonchev–Trinajstić information content (AvgIpc) is 2.47. The van der Waals surface area contributed by atoms with Gasteiger partial charge >= 0.3 is 12.1 Å². The van der Waals surface area contributed by atoms with Crippen LogP contribution in [0, 0.1) is 0 Å². The molecule has 0 aliphatic heterocycles. The number of benzene rings is 2. The van der Waals surface area contributed by atoms with Crippen LogP contribution in [0.5, 0.6) is 17.2 Å². The van der Waals surface area contributed by atoms with Gasteiger partial charge in [0.25, 0.3) is 0 Å². The third kappa shape index (κ3) is 3.87. The molecule has 0 aromatic heterocycles. The SMILES string of the molecule is COC(=O)c1ccc(Oc2ccc(C(F)(F)F)cc2Cl)cc1O. The number of aromatic hydroxyl groups is 1. The fourth-order valence-electron chi connectivity index (χ4n) is 1.74. The van der Waals surface area contributed by atoms with Crippen molar-refractivity contribution in [2.24, 2.45) is 0 Å². The van der Waals surface area contributed by atoms with Gasteiger partial charge in [-0.2, -0.15) is 13.2 Å². The Balaban J connectivity index is 2.26. The van der Waals surface area contributed by atoms with Crippen LogP contribution in [0.1, 0.15) is 15.9 Å². The van der Waals surface area contributed by atoms with Crippen LogP contribution in [-0.4, -0.2) is 18.2 Å². The lowest BCUT2D eigenvalue weighted by atomic mass is 10.2. The second-order valence-electron chi connectivity index (χ2n) is 4.42. The number of alkyl halides is 3. The van der Waals surface area contributed by atoms with Gasteiger partial charge in [0.2, 0.25) is 0 Å². The van der Waals surface area contributed by atoms with Gasteiger partial charge in [-0.15, -0.1) is 0 Å². The van der Waals surface area contributed by atoms with Gasteiger partial charge in [-0.1, -0.05) is 11.6 Å². The van der Waals surface area contributed by atoms with E-state index in [0.29, 0.717) is 0 Å². The molecule has 0 bridgehead atoms. The molecule has 0 unspecified atom stereocenters. The van der Waals surface area contributed by atoms with Crippen LogP contribution >= 0.6 is 11.6 Å². The Bertz CT molecular complexity index is 744. The van der Waals surface area contributed by atoms with Crippen molar-refractivity contribution in [3.63, 3.8) is 0 Å². The van der Waals surface area contributed by atoms with E-state index in [1.54, 1.807) is 0 Å². The molecule has 122 valence electrons. The lowest BCUT2D eigenvalue weighted by Gasteiger charge is -2.12. The van der Waals surface area contributed by atoms with Crippen molar-refractivity contribution in [3.05, 3.63) is 52.5 Å². The Labute approximate surface area is 134 Å². The first-order valence-electron chi connectivity index (χ1n) is 6.18. The van der Waals surface area contributed by atoms with Crippen molar-refractivity contribution < 1.29 is 32.5 Å². The molecule has 0 aliphatic rings. The van der Waals surface area contributed by atoms with Crippen LogP contribution in [0.25, 0.3) is 0 Å². The van der Waals surface area contributed by atoms with Crippen LogP contribution in [0.4, 0.5) is 13.2 Å². The maximum atomic E-state index is 12.6. The van der Waals surface area contributed by atoms with Crippen molar-refractivity contribution >= 4 is 17.6 Å². The number of hydrogen-bond donors (Lipinski definition) is 1. The van der Waals surface area contributed by atoms with Gasteiger partial charge in [-0.3, -0.25) is 0 Å². The van der Waals surface area contributed by atoms with E-state index in [2.05, 4.69) is 4.74 Å². The molecule has 0 aliphatic carbocycles. The molecule has 2 aromatic rings. The van der Waals surface area contributed by atoms with Crippen molar-refractivity contribution in [3.8, 4) is 17.2 Å². The first-order valence-corrected chi connectivity index (χ1v) is 6.56.